The van der Waals surface area contributed by atoms with Gasteiger partial charge in [0.05, 0.1) is 9.85 Å². The van der Waals surface area contributed by atoms with Crippen LogP contribution in [0.5, 0.6) is 0 Å². The molecule has 2 rings (SSSR count). The molecule has 0 bridgehead atoms. The number of halogens is 3. The van der Waals surface area contributed by atoms with E-state index in [0.717, 1.165) is 30.4 Å². The summed E-state index contributed by atoms with van der Waals surface area (Å²) < 4.78 is 13.6. The Morgan fingerprint density at radius 1 is 1.11 bits per heavy atom. The van der Waals surface area contributed by atoms with Crippen molar-refractivity contribution in [2.24, 2.45) is 0 Å². The summed E-state index contributed by atoms with van der Waals surface area (Å²) in [7, 11) is 0. The molecule has 19 heavy (non-hydrogen) atoms. The molecule has 0 nitrogen and oxygen atoms in total. The van der Waals surface area contributed by atoms with Crippen LogP contribution in [0.1, 0.15) is 29.3 Å². The quantitative estimate of drug-likeness (QED) is 0.595. The maximum atomic E-state index is 13.1. The van der Waals surface area contributed by atoms with E-state index >= 15 is 0 Å². The lowest BCUT2D eigenvalue weighted by Crippen LogP contribution is -1.93. The van der Waals surface area contributed by atoms with Gasteiger partial charge in [-0.1, -0.05) is 36.4 Å². The Bertz CT molecular complexity index is 528. The Hall–Kier alpha value is -0.860. The topological polar surface area (TPSA) is 0 Å². The fourth-order valence-corrected chi connectivity index (χ4v) is 2.74. The highest BCUT2D eigenvalue weighted by atomic mass is 79.9. The lowest BCUT2D eigenvalue weighted by atomic mass is 10.0. The fourth-order valence-electron chi connectivity index (χ4n) is 2.01. The summed E-state index contributed by atoms with van der Waals surface area (Å²) in [5.74, 6) is -0.219. The van der Waals surface area contributed by atoms with Crippen LogP contribution in [0.3, 0.4) is 0 Å². The molecule has 0 fully saturated rings. The minimum Gasteiger partial charge on any atom is -0.206 e. The molecule has 2 aromatic carbocycles. The van der Waals surface area contributed by atoms with E-state index in [1.165, 1.54) is 6.07 Å². The predicted octanol–water partition coefficient (Wildman–Crippen LogP) is 5.89. The smallest absolute Gasteiger partial charge is 0.137 e. The van der Waals surface area contributed by atoms with E-state index in [1.54, 1.807) is 0 Å². The van der Waals surface area contributed by atoms with E-state index in [2.05, 4.69) is 15.9 Å². The van der Waals surface area contributed by atoms with Crippen LogP contribution in [0.25, 0.3) is 0 Å². The minimum atomic E-state index is -0.219. The molecular weight excluding hydrogens is 327 g/mol. The van der Waals surface area contributed by atoms with Gasteiger partial charge >= 0.3 is 0 Å². The van der Waals surface area contributed by atoms with Gasteiger partial charge < -0.3 is 0 Å². The summed E-state index contributed by atoms with van der Waals surface area (Å²) >= 11 is 9.56. The van der Waals surface area contributed by atoms with E-state index in [0.29, 0.717) is 4.47 Å². The number of hydrogen-bond donors (Lipinski definition) is 0. The SMILES string of the molecule is Fc1ccc(CCCC(Cl)c2ccccc2)cc1Br. The van der Waals surface area contributed by atoms with E-state index in [1.807, 2.05) is 42.5 Å². The Morgan fingerprint density at radius 3 is 2.53 bits per heavy atom. The van der Waals surface area contributed by atoms with Crippen molar-refractivity contribution in [3.05, 3.63) is 69.9 Å². The van der Waals surface area contributed by atoms with Crippen molar-refractivity contribution >= 4 is 27.5 Å². The molecule has 0 aliphatic rings. The van der Waals surface area contributed by atoms with E-state index in [4.69, 9.17) is 11.6 Å². The second kappa shape index (κ2) is 7.06. The van der Waals surface area contributed by atoms with Crippen LogP contribution < -0.4 is 0 Å². The van der Waals surface area contributed by atoms with Gasteiger partial charge in [-0.3, -0.25) is 0 Å². The third-order valence-corrected chi connectivity index (χ3v) is 4.15. The molecular formula is C16H15BrClF. The summed E-state index contributed by atoms with van der Waals surface area (Å²) in [6.07, 6.45) is 2.82. The zero-order valence-corrected chi connectivity index (χ0v) is 12.8. The second-order valence-electron chi connectivity index (χ2n) is 4.52. The van der Waals surface area contributed by atoms with Gasteiger partial charge in [0, 0.05) is 0 Å². The number of aryl methyl sites for hydroxylation is 1. The Balaban J connectivity index is 1.85. The van der Waals surface area contributed by atoms with Crippen LogP contribution in [0.2, 0.25) is 0 Å². The maximum absolute atomic E-state index is 13.1. The standard InChI is InChI=1S/C16H15BrClF/c17-14-11-12(9-10-16(14)19)5-4-8-15(18)13-6-2-1-3-7-13/h1-3,6-7,9-11,15H,4-5,8H2. The van der Waals surface area contributed by atoms with Gasteiger partial charge in [-0.05, 0) is 58.5 Å². The molecule has 3 heteroatoms. The molecule has 0 saturated carbocycles. The summed E-state index contributed by atoms with van der Waals surface area (Å²) in [4.78, 5) is 0. The van der Waals surface area contributed by atoms with E-state index < -0.39 is 0 Å². The van der Waals surface area contributed by atoms with Gasteiger partial charge in [0.15, 0.2) is 0 Å². The van der Waals surface area contributed by atoms with E-state index in [9.17, 15) is 4.39 Å². The maximum Gasteiger partial charge on any atom is 0.137 e. The molecule has 0 amide bonds. The molecule has 0 heterocycles. The van der Waals surface area contributed by atoms with Crippen LogP contribution in [-0.4, -0.2) is 0 Å². The van der Waals surface area contributed by atoms with Gasteiger partial charge in [-0.15, -0.1) is 11.6 Å². The number of alkyl halides is 1. The van der Waals surface area contributed by atoms with Crippen LogP contribution in [0.15, 0.2) is 53.0 Å². The molecule has 0 aliphatic heterocycles. The normalized spacial score (nSPS) is 12.4. The van der Waals surface area contributed by atoms with Crippen molar-refractivity contribution < 1.29 is 4.39 Å². The molecule has 0 saturated heterocycles. The first-order valence-corrected chi connectivity index (χ1v) is 7.52. The van der Waals surface area contributed by atoms with Gasteiger partial charge in [-0.2, -0.15) is 0 Å². The zero-order valence-electron chi connectivity index (χ0n) is 10.5. The van der Waals surface area contributed by atoms with Gasteiger partial charge in [0.25, 0.3) is 0 Å². The summed E-state index contributed by atoms with van der Waals surface area (Å²) in [5, 5.41) is 0.0464. The highest BCUT2D eigenvalue weighted by molar-refractivity contribution is 9.10. The Morgan fingerprint density at radius 2 is 1.84 bits per heavy atom. The Labute approximate surface area is 126 Å². The third kappa shape index (κ3) is 4.32. The molecule has 0 aliphatic carbocycles. The molecule has 0 radical (unpaired) electrons. The summed E-state index contributed by atoms with van der Waals surface area (Å²) in [6, 6.07) is 15.2. The van der Waals surface area contributed by atoms with Crippen LogP contribution >= 0.6 is 27.5 Å². The van der Waals surface area contributed by atoms with Crippen LogP contribution in [0, 0.1) is 5.82 Å². The number of hydrogen-bond acceptors (Lipinski definition) is 0. The highest BCUT2D eigenvalue weighted by Crippen LogP contribution is 2.26. The first-order chi connectivity index (χ1) is 9.16. The van der Waals surface area contributed by atoms with E-state index in [-0.39, 0.29) is 11.2 Å². The van der Waals surface area contributed by atoms with Gasteiger partial charge in [0.2, 0.25) is 0 Å². The van der Waals surface area contributed by atoms with Crippen LogP contribution in [0.4, 0.5) is 4.39 Å². The molecule has 1 unspecified atom stereocenters. The molecule has 0 spiro atoms. The molecule has 100 valence electrons. The monoisotopic (exact) mass is 340 g/mol. The zero-order chi connectivity index (χ0) is 13.7. The Kier molecular flexibility index (Phi) is 5.41. The first kappa shape index (κ1) is 14.5. The lowest BCUT2D eigenvalue weighted by molar-refractivity contribution is 0.619. The third-order valence-electron chi connectivity index (χ3n) is 3.07. The van der Waals surface area contributed by atoms with Crippen LogP contribution in [-0.2, 0) is 6.42 Å². The second-order valence-corrected chi connectivity index (χ2v) is 5.90. The summed E-state index contributed by atoms with van der Waals surface area (Å²) in [6.45, 7) is 0. The average Bonchev–Trinajstić information content (AvgIpc) is 2.43. The van der Waals surface area contributed by atoms with Crippen molar-refractivity contribution in [2.75, 3.05) is 0 Å². The van der Waals surface area contributed by atoms with Gasteiger partial charge in [0.1, 0.15) is 5.82 Å². The first-order valence-electron chi connectivity index (χ1n) is 6.30. The molecule has 0 aromatic heterocycles. The average molecular weight is 342 g/mol. The largest absolute Gasteiger partial charge is 0.206 e. The fraction of sp³-hybridized carbons (Fsp3) is 0.250. The van der Waals surface area contributed by atoms with Gasteiger partial charge in [-0.25, -0.2) is 4.39 Å². The molecule has 2 aromatic rings. The number of benzene rings is 2. The van der Waals surface area contributed by atoms with Crippen molar-refractivity contribution in [2.45, 2.75) is 24.6 Å². The minimum absolute atomic E-state index is 0.0464. The lowest BCUT2D eigenvalue weighted by Gasteiger charge is -2.09. The highest BCUT2D eigenvalue weighted by Gasteiger charge is 2.07. The van der Waals surface area contributed by atoms with Crippen molar-refractivity contribution in [3.63, 3.8) is 0 Å². The predicted molar refractivity (Wildman–Crippen MR) is 82.1 cm³/mol. The summed E-state index contributed by atoms with van der Waals surface area (Å²) in [5.41, 5.74) is 2.29. The molecule has 0 N–H and O–H groups in total. The van der Waals surface area contributed by atoms with Crippen molar-refractivity contribution in [1.29, 1.82) is 0 Å². The van der Waals surface area contributed by atoms with Crippen molar-refractivity contribution in [3.8, 4) is 0 Å². The molecule has 1 atom stereocenters. The number of rotatable bonds is 5. The van der Waals surface area contributed by atoms with Crippen molar-refractivity contribution in [1.82, 2.24) is 0 Å².